The van der Waals surface area contributed by atoms with Crippen LogP contribution in [0.2, 0.25) is 0 Å². The highest BCUT2D eigenvalue weighted by Crippen LogP contribution is 2.35. The van der Waals surface area contributed by atoms with Gasteiger partial charge in [-0.15, -0.1) is 0 Å². The van der Waals surface area contributed by atoms with E-state index in [1.807, 2.05) is 0 Å². The lowest BCUT2D eigenvalue weighted by molar-refractivity contribution is 0.570. The number of rotatable bonds is 0. The topological polar surface area (TPSA) is 15.3 Å². The van der Waals surface area contributed by atoms with Gasteiger partial charge in [0.15, 0.2) is 5.82 Å². The van der Waals surface area contributed by atoms with E-state index < -0.39 is 11.6 Å². The smallest absolute Gasteiger partial charge is 0.154 e. The lowest BCUT2D eigenvalue weighted by Crippen LogP contribution is -2.17. The van der Waals surface area contributed by atoms with Crippen molar-refractivity contribution in [3.8, 4) is 0 Å². The van der Waals surface area contributed by atoms with E-state index in [1.54, 1.807) is 11.9 Å². The molecule has 0 saturated heterocycles. The second-order valence-corrected chi connectivity index (χ2v) is 3.23. The van der Waals surface area contributed by atoms with E-state index in [0.717, 1.165) is 0 Å². The molecule has 1 aliphatic rings. The van der Waals surface area contributed by atoms with Crippen molar-refractivity contribution < 1.29 is 8.78 Å². The molecule has 0 aromatic heterocycles. The molecule has 4 heteroatoms. The molecule has 1 aromatic carbocycles. The molecule has 1 aromatic rings. The second kappa shape index (κ2) is 2.58. The first-order valence-electron chi connectivity index (χ1n) is 4.05. The van der Waals surface area contributed by atoms with Gasteiger partial charge in [-0.3, -0.25) is 0 Å². The van der Waals surface area contributed by atoms with Gasteiger partial charge in [-0.2, -0.15) is 0 Å². The lowest BCUT2D eigenvalue weighted by Gasteiger charge is -2.12. The number of anilines is 2. The van der Waals surface area contributed by atoms with Crippen LogP contribution in [0.3, 0.4) is 0 Å². The molecule has 70 valence electrons. The fraction of sp³-hybridized carbons (Fsp3) is 0.333. The standard InChI is InChI=1S/C9H10F2N2/c1-5-6(10)3-7-9(8(5)11)13(2)4-12-7/h3,12H,4H2,1-2H3. The van der Waals surface area contributed by atoms with Gasteiger partial charge in [0.1, 0.15) is 5.82 Å². The summed E-state index contributed by atoms with van der Waals surface area (Å²) in [5.41, 5.74) is 1.07. The molecule has 2 nitrogen and oxygen atoms in total. The predicted octanol–water partition coefficient (Wildman–Crippen LogP) is 2.09. The minimum Gasteiger partial charge on any atom is -0.366 e. The average molecular weight is 184 g/mol. The number of hydrogen-bond acceptors (Lipinski definition) is 2. The third-order valence-electron chi connectivity index (χ3n) is 2.31. The summed E-state index contributed by atoms with van der Waals surface area (Å²) in [4.78, 5) is 1.72. The molecule has 0 atom stereocenters. The first-order chi connectivity index (χ1) is 6.11. The van der Waals surface area contributed by atoms with Gasteiger partial charge in [0, 0.05) is 12.6 Å². The van der Waals surface area contributed by atoms with Crippen LogP contribution >= 0.6 is 0 Å². The molecule has 0 saturated carbocycles. The van der Waals surface area contributed by atoms with E-state index in [9.17, 15) is 8.78 Å². The maximum Gasteiger partial charge on any atom is 0.154 e. The number of halogens is 2. The molecule has 0 spiro atoms. The van der Waals surface area contributed by atoms with Crippen LogP contribution < -0.4 is 10.2 Å². The molecule has 0 radical (unpaired) electrons. The lowest BCUT2D eigenvalue weighted by atomic mass is 10.1. The quantitative estimate of drug-likeness (QED) is 0.664. The van der Waals surface area contributed by atoms with E-state index in [2.05, 4.69) is 5.32 Å². The summed E-state index contributed by atoms with van der Waals surface area (Å²) in [6, 6.07) is 1.33. The largest absolute Gasteiger partial charge is 0.366 e. The van der Waals surface area contributed by atoms with Gasteiger partial charge in [0.25, 0.3) is 0 Å². The van der Waals surface area contributed by atoms with Crippen LogP contribution in [0, 0.1) is 18.6 Å². The zero-order valence-corrected chi connectivity index (χ0v) is 7.49. The summed E-state index contributed by atoms with van der Waals surface area (Å²) < 4.78 is 26.6. The molecule has 1 aliphatic heterocycles. The monoisotopic (exact) mass is 184 g/mol. The zero-order valence-electron chi connectivity index (χ0n) is 7.49. The molecule has 0 fully saturated rings. The minimum atomic E-state index is -0.501. The Morgan fingerprint density at radius 1 is 1.46 bits per heavy atom. The van der Waals surface area contributed by atoms with E-state index in [0.29, 0.717) is 18.0 Å². The Hall–Kier alpha value is -1.32. The summed E-state index contributed by atoms with van der Waals surface area (Å²) in [7, 11) is 1.76. The Kier molecular flexibility index (Phi) is 1.65. The van der Waals surface area contributed by atoms with Crippen molar-refractivity contribution >= 4 is 11.4 Å². The van der Waals surface area contributed by atoms with Crippen LogP contribution in [0.15, 0.2) is 6.07 Å². The second-order valence-electron chi connectivity index (χ2n) is 3.23. The summed E-state index contributed by atoms with van der Waals surface area (Å²) in [5.74, 6) is -0.971. The number of benzene rings is 1. The van der Waals surface area contributed by atoms with Crippen LogP contribution in [0.4, 0.5) is 20.2 Å². The normalized spacial score (nSPS) is 14.3. The van der Waals surface area contributed by atoms with Crippen LogP contribution in [0.25, 0.3) is 0 Å². The van der Waals surface area contributed by atoms with Crippen LogP contribution in [-0.4, -0.2) is 13.7 Å². The highest BCUT2D eigenvalue weighted by molar-refractivity contribution is 5.76. The Bertz CT molecular complexity index is 363. The maximum absolute atomic E-state index is 13.5. The minimum absolute atomic E-state index is 0.0781. The van der Waals surface area contributed by atoms with E-state index in [-0.39, 0.29) is 5.56 Å². The molecule has 0 bridgehead atoms. The highest BCUT2D eigenvalue weighted by atomic mass is 19.1. The Morgan fingerprint density at radius 3 is 2.85 bits per heavy atom. The first kappa shape index (κ1) is 8.29. The van der Waals surface area contributed by atoms with E-state index in [1.165, 1.54) is 13.0 Å². The van der Waals surface area contributed by atoms with Crippen molar-refractivity contribution in [2.24, 2.45) is 0 Å². The predicted molar refractivity (Wildman–Crippen MR) is 48.0 cm³/mol. The average Bonchev–Trinajstić information content (AvgIpc) is 2.43. The number of fused-ring (bicyclic) bond motifs is 1. The SMILES string of the molecule is Cc1c(F)cc2c(c1F)N(C)CN2. The zero-order chi connectivity index (χ0) is 9.59. The number of hydrogen-bond donors (Lipinski definition) is 1. The van der Waals surface area contributed by atoms with E-state index in [4.69, 9.17) is 0 Å². The van der Waals surface area contributed by atoms with Gasteiger partial charge in [0.2, 0.25) is 0 Å². The van der Waals surface area contributed by atoms with Gasteiger partial charge < -0.3 is 10.2 Å². The van der Waals surface area contributed by atoms with Crippen molar-refractivity contribution in [1.29, 1.82) is 0 Å². The molecule has 0 amide bonds. The molecule has 13 heavy (non-hydrogen) atoms. The third-order valence-corrected chi connectivity index (χ3v) is 2.31. The van der Waals surface area contributed by atoms with Gasteiger partial charge in [0.05, 0.1) is 18.0 Å². The van der Waals surface area contributed by atoms with Crippen molar-refractivity contribution in [1.82, 2.24) is 0 Å². The van der Waals surface area contributed by atoms with Crippen LogP contribution in [0.5, 0.6) is 0 Å². The molecule has 1 heterocycles. The first-order valence-corrected chi connectivity index (χ1v) is 4.05. The van der Waals surface area contributed by atoms with Gasteiger partial charge in [-0.1, -0.05) is 0 Å². The summed E-state index contributed by atoms with van der Waals surface area (Å²) >= 11 is 0. The number of nitrogens with one attached hydrogen (secondary N) is 1. The summed E-state index contributed by atoms with van der Waals surface area (Å²) in [6.45, 7) is 1.96. The van der Waals surface area contributed by atoms with Gasteiger partial charge in [-0.25, -0.2) is 8.78 Å². The summed E-state index contributed by atoms with van der Waals surface area (Å²) in [6.07, 6.45) is 0. The van der Waals surface area contributed by atoms with Gasteiger partial charge >= 0.3 is 0 Å². The van der Waals surface area contributed by atoms with E-state index >= 15 is 0 Å². The van der Waals surface area contributed by atoms with Crippen molar-refractivity contribution in [3.05, 3.63) is 23.3 Å². The molecular formula is C9H10F2N2. The maximum atomic E-state index is 13.5. The molecule has 2 rings (SSSR count). The molecule has 0 unspecified atom stereocenters. The van der Waals surface area contributed by atoms with Crippen LogP contribution in [0.1, 0.15) is 5.56 Å². The molecular weight excluding hydrogens is 174 g/mol. The molecule has 0 aliphatic carbocycles. The Morgan fingerprint density at radius 2 is 2.15 bits per heavy atom. The van der Waals surface area contributed by atoms with Crippen molar-refractivity contribution in [2.45, 2.75) is 6.92 Å². The Labute approximate surface area is 75.2 Å². The van der Waals surface area contributed by atoms with Gasteiger partial charge in [-0.05, 0) is 13.0 Å². The highest BCUT2D eigenvalue weighted by Gasteiger charge is 2.22. The van der Waals surface area contributed by atoms with Crippen molar-refractivity contribution in [2.75, 3.05) is 23.9 Å². The number of nitrogens with zero attached hydrogens (tertiary/aromatic N) is 1. The summed E-state index contributed by atoms with van der Waals surface area (Å²) in [5, 5.41) is 2.90. The fourth-order valence-corrected chi connectivity index (χ4v) is 1.49. The third kappa shape index (κ3) is 1.05. The fourth-order valence-electron chi connectivity index (χ4n) is 1.49. The van der Waals surface area contributed by atoms with Crippen LogP contribution in [-0.2, 0) is 0 Å². The van der Waals surface area contributed by atoms with Crippen molar-refractivity contribution in [3.63, 3.8) is 0 Å². The Balaban J connectivity index is 2.68. The molecule has 1 N–H and O–H groups in total.